The van der Waals surface area contributed by atoms with Gasteiger partial charge in [0, 0.05) is 17.0 Å². The summed E-state index contributed by atoms with van der Waals surface area (Å²) in [6.45, 7) is 6.26. The molecule has 0 saturated heterocycles. The lowest BCUT2D eigenvalue weighted by Crippen LogP contribution is -2.22. The van der Waals surface area contributed by atoms with Crippen LogP contribution in [0.15, 0.2) is 65.2 Å². The maximum atomic E-state index is 13.7. The Morgan fingerprint density at radius 1 is 1.00 bits per heavy atom. The molecule has 1 heterocycles. The number of ether oxygens (including phenoxy) is 1. The Morgan fingerprint density at radius 2 is 1.77 bits per heavy atom. The van der Waals surface area contributed by atoms with Crippen LogP contribution in [0.3, 0.4) is 0 Å². The Balaban J connectivity index is 0.00000158. The smallest absolute Gasteiger partial charge is 0.147 e. The highest BCUT2D eigenvalue weighted by atomic mass is 35.5. The SMILES string of the molecule is CC.Cc1cccc(Cl)c1-c1noc(C2CC2)c1COc1ccc(C2(O)CCC(c3cccc(F)c3)C2)c(Cl)c1. The monoisotopic (exact) mass is 581 g/mol. The molecule has 0 radical (unpaired) electrons. The van der Waals surface area contributed by atoms with Gasteiger partial charge >= 0.3 is 0 Å². The average molecular weight is 583 g/mol. The third-order valence-electron chi connectivity index (χ3n) is 7.86. The summed E-state index contributed by atoms with van der Waals surface area (Å²) in [5.41, 5.74) is 3.98. The molecule has 2 unspecified atom stereocenters. The number of hydrogen-bond donors (Lipinski definition) is 1. The summed E-state index contributed by atoms with van der Waals surface area (Å²) in [4.78, 5) is 0. The minimum absolute atomic E-state index is 0.0730. The third kappa shape index (κ3) is 5.79. The van der Waals surface area contributed by atoms with Crippen LogP contribution in [0.5, 0.6) is 5.75 Å². The van der Waals surface area contributed by atoms with E-state index in [0.717, 1.165) is 47.3 Å². The highest BCUT2D eigenvalue weighted by Crippen LogP contribution is 2.49. The number of hydrogen-bond acceptors (Lipinski definition) is 4. The van der Waals surface area contributed by atoms with Crippen molar-refractivity contribution in [2.75, 3.05) is 0 Å². The maximum Gasteiger partial charge on any atom is 0.147 e. The van der Waals surface area contributed by atoms with Crippen molar-refractivity contribution in [2.45, 2.75) is 76.9 Å². The first-order chi connectivity index (χ1) is 19.3. The van der Waals surface area contributed by atoms with Crippen LogP contribution in [0, 0.1) is 12.7 Å². The number of aromatic nitrogens is 1. The van der Waals surface area contributed by atoms with Gasteiger partial charge in [-0.15, -0.1) is 0 Å². The zero-order valence-corrected chi connectivity index (χ0v) is 24.5. The predicted octanol–water partition coefficient (Wildman–Crippen LogP) is 9.73. The Bertz CT molecular complexity index is 1480. The predicted molar refractivity (Wildman–Crippen MR) is 158 cm³/mol. The standard InChI is InChI=1S/C31H28Cl2FNO3.C2H6/c1-18-4-2-7-26(32)28(18)29-24(30(38-35-29)19-8-9-19)17-37-23-10-11-25(27(33)15-23)31(36)13-12-21(16-31)20-5-3-6-22(34)14-20;1-2/h2-7,10-11,14-15,19,21,36H,8-9,12-13,16-17H2,1H3;1-2H3. The van der Waals surface area contributed by atoms with Gasteiger partial charge < -0.3 is 14.4 Å². The number of nitrogens with zero attached hydrogens (tertiary/aromatic N) is 1. The minimum atomic E-state index is -1.07. The quantitative estimate of drug-likeness (QED) is 0.236. The van der Waals surface area contributed by atoms with Gasteiger partial charge in [-0.2, -0.15) is 0 Å². The lowest BCUT2D eigenvalue weighted by atomic mass is 9.89. The van der Waals surface area contributed by atoms with E-state index in [1.807, 2.05) is 57.2 Å². The fraction of sp³-hybridized carbons (Fsp3) is 0.364. The second-order valence-electron chi connectivity index (χ2n) is 10.5. The van der Waals surface area contributed by atoms with E-state index in [0.29, 0.717) is 45.8 Å². The van der Waals surface area contributed by atoms with Crippen molar-refractivity contribution in [1.82, 2.24) is 5.16 Å². The van der Waals surface area contributed by atoms with Crippen molar-refractivity contribution >= 4 is 23.2 Å². The summed E-state index contributed by atoms with van der Waals surface area (Å²) >= 11 is 13.2. The van der Waals surface area contributed by atoms with Gasteiger partial charge in [0.15, 0.2) is 0 Å². The van der Waals surface area contributed by atoms with Crippen molar-refractivity contribution in [2.24, 2.45) is 0 Å². The first kappa shape index (κ1) is 28.7. The summed E-state index contributed by atoms with van der Waals surface area (Å²) in [5.74, 6) is 1.61. The first-order valence-corrected chi connectivity index (χ1v) is 14.7. The van der Waals surface area contributed by atoms with Gasteiger partial charge in [0.2, 0.25) is 0 Å². The van der Waals surface area contributed by atoms with E-state index < -0.39 is 5.60 Å². The number of benzene rings is 3. The molecule has 2 aliphatic rings. The van der Waals surface area contributed by atoms with Gasteiger partial charge in [-0.05, 0) is 86.4 Å². The van der Waals surface area contributed by atoms with E-state index in [1.54, 1.807) is 18.2 Å². The second kappa shape index (κ2) is 11.9. The summed E-state index contributed by atoms with van der Waals surface area (Å²) in [6, 6.07) is 17.8. The Hall–Kier alpha value is -2.86. The lowest BCUT2D eigenvalue weighted by Gasteiger charge is -2.25. The first-order valence-electron chi connectivity index (χ1n) is 14.0. The van der Waals surface area contributed by atoms with E-state index in [2.05, 4.69) is 5.16 Å². The molecule has 40 heavy (non-hydrogen) atoms. The van der Waals surface area contributed by atoms with Crippen molar-refractivity contribution in [3.8, 4) is 17.0 Å². The van der Waals surface area contributed by atoms with Crippen LogP contribution in [-0.4, -0.2) is 10.3 Å². The van der Waals surface area contributed by atoms with Crippen LogP contribution in [0.2, 0.25) is 10.0 Å². The maximum absolute atomic E-state index is 13.7. The summed E-state index contributed by atoms with van der Waals surface area (Å²) in [5, 5.41) is 16.9. The fourth-order valence-corrected chi connectivity index (χ4v) is 6.35. The molecule has 2 fully saturated rings. The molecule has 4 aromatic rings. The number of rotatable bonds is 7. The highest BCUT2D eigenvalue weighted by molar-refractivity contribution is 6.33. The molecule has 6 rings (SSSR count). The molecule has 7 heteroatoms. The molecule has 0 bridgehead atoms. The minimum Gasteiger partial charge on any atom is -0.489 e. The van der Waals surface area contributed by atoms with Gasteiger partial charge in [-0.1, -0.05) is 72.5 Å². The third-order valence-corrected chi connectivity index (χ3v) is 8.49. The lowest BCUT2D eigenvalue weighted by molar-refractivity contribution is 0.0429. The van der Waals surface area contributed by atoms with E-state index in [-0.39, 0.29) is 18.3 Å². The van der Waals surface area contributed by atoms with Crippen LogP contribution in [0.1, 0.15) is 85.8 Å². The molecule has 2 saturated carbocycles. The molecule has 3 aromatic carbocycles. The van der Waals surface area contributed by atoms with Gasteiger partial charge in [-0.3, -0.25) is 0 Å². The Kier molecular flexibility index (Phi) is 8.55. The van der Waals surface area contributed by atoms with Crippen LogP contribution in [-0.2, 0) is 12.2 Å². The van der Waals surface area contributed by atoms with Gasteiger partial charge in [0.25, 0.3) is 0 Å². The molecule has 2 atom stereocenters. The van der Waals surface area contributed by atoms with Crippen LogP contribution in [0.25, 0.3) is 11.3 Å². The molecule has 0 aliphatic heterocycles. The largest absolute Gasteiger partial charge is 0.489 e. The Labute approximate surface area is 245 Å². The highest BCUT2D eigenvalue weighted by Gasteiger charge is 2.41. The molecule has 0 spiro atoms. The molecule has 210 valence electrons. The van der Waals surface area contributed by atoms with Crippen molar-refractivity contribution in [3.05, 3.63) is 105 Å². The molecule has 1 aromatic heterocycles. The number of aliphatic hydroxyl groups is 1. The van der Waals surface area contributed by atoms with Crippen molar-refractivity contribution in [3.63, 3.8) is 0 Å². The van der Waals surface area contributed by atoms with E-state index in [9.17, 15) is 9.50 Å². The molecule has 4 nitrogen and oxygen atoms in total. The van der Waals surface area contributed by atoms with E-state index in [4.69, 9.17) is 32.5 Å². The summed E-state index contributed by atoms with van der Waals surface area (Å²) < 4.78 is 25.7. The summed E-state index contributed by atoms with van der Waals surface area (Å²) in [6.07, 6.45) is 3.94. The molecular formula is C33H34Cl2FNO3. The molecular weight excluding hydrogens is 548 g/mol. The van der Waals surface area contributed by atoms with Crippen molar-refractivity contribution < 1.29 is 18.8 Å². The number of aryl methyl sites for hydroxylation is 1. The van der Waals surface area contributed by atoms with Crippen molar-refractivity contribution in [1.29, 1.82) is 0 Å². The van der Waals surface area contributed by atoms with E-state index in [1.165, 1.54) is 6.07 Å². The van der Waals surface area contributed by atoms with Crippen LogP contribution in [0.4, 0.5) is 4.39 Å². The fourth-order valence-electron chi connectivity index (χ4n) is 5.69. The second-order valence-corrected chi connectivity index (χ2v) is 11.4. The summed E-state index contributed by atoms with van der Waals surface area (Å²) in [7, 11) is 0. The van der Waals surface area contributed by atoms with Crippen LogP contribution >= 0.6 is 23.2 Å². The van der Waals surface area contributed by atoms with Gasteiger partial charge in [0.1, 0.15) is 29.6 Å². The topological polar surface area (TPSA) is 55.5 Å². The number of halogens is 3. The average Bonchev–Trinajstić information content (AvgIpc) is 3.58. The zero-order valence-electron chi connectivity index (χ0n) is 23.0. The normalized spacial score (nSPS) is 20.2. The molecule has 1 N–H and O–H groups in total. The van der Waals surface area contributed by atoms with Gasteiger partial charge in [-0.25, -0.2) is 4.39 Å². The Morgan fingerprint density at radius 3 is 2.48 bits per heavy atom. The van der Waals surface area contributed by atoms with Crippen LogP contribution < -0.4 is 4.74 Å². The van der Waals surface area contributed by atoms with E-state index >= 15 is 0 Å². The molecule has 0 amide bonds. The van der Waals surface area contributed by atoms with Gasteiger partial charge in [0.05, 0.1) is 21.2 Å². The molecule has 2 aliphatic carbocycles. The zero-order chi connectivity index (χ0) is 28.4.